The molecule has 0 aliphatic carbocycles. The standard InChI is InChI=1S/C12H19N3O5S/c1-12(18)4-2-5-15(9-12)21(19,20)10-7-13-14(8-10)6-3-11(16)17/h7-8,18H,2-6,9H2,1H3,(H,16,17). The van der Waals surface area contributed by atoms with E-state index < -0.39 is 21.6 Å². The Hall–Kier alpha value is -1.45. The molecule has 0 bridgehead atoms. The Morgan fingerprint density at radius 2 is 2.24 bits per heavy atom. The Bertz CT molecular complexity index is 623. The highest BCUT2D eigenvalue weighted by atomic mass is 32.2. The second-order valence-electron chi connectivity index (χ2n) is 5.52. The lowest BCUT2D eigenvalue weighted by Gasteiger charge is -2.35. The van der Waals surface area contributed by atoms with Crippen molar-refractivity contribution in [2.24, 2.45) is 0 Å². The van der Waals surface area contributed by atoms with Crippen LogP contribution in [0.15, 0.2) is 17.3 Å². The molecule has 1 unspecified atom stereocenters. The zero-order valence-corrected chi connectivity index (χ0v) is 12.6. The summed E-state index contributed by atoms with van der Waals surface area (Å²) in [5.41, 5.74) is -1.02. The van der Waals surface area contributed by atoms with E-state index in [1.165, 1.54) is 21.4 Å². The van der Waals surface area contributed by atoms with Crippen LogP contribution in [0.1, 0.15) is 26.2 Å². The van der Waals surface area contributed by atoms with Gasteiger partial charge in [-0.3, -0.25) is 9.48 Å². The second kappa shape index (κ2) is 5.74. The molecular formula is C12H19N3O5S. The predicted octanol–water partition coefficient (Wildman–Crippen LogP) is -0.107. The molecule has 9 heteroatoms. The number of hydrogen-bond donors (Lipinski definition) is 2. The van der Waals surface area contributed by atoms with Crippen molar-refractivity contribution < 1.29 is 23.4 Å². The molecule has 1 saturated heterocycles. The first-order valence-corrected chi connectivity index (χ1v) is 8.11. The van der Waals surface area contributed by atoms with E-state index >= 15 is 0 Å². The molecule has 0 saturated carbocycles. The SMILES string of the molecule is CC1(O)CCCN(S(=O)(=O)c2cnn(CCC(=O)O)c2)C1. The van der Waals surface area contributed by atoms with Crippen LogP contribution in [0.5, 0.6) is 0 Å². The topological polar surface area (TPSA) is 113 Å². The van der Waals surface area contributed by atoms with Gasteiger partial charge in [0.1, 0.15) is 4.90 Å². The minimum absolute atomic E-state index is 0.0191. The van der Waals surface area contributed by atoms with Gasteiger partial charge in [-0.15, -0.1) is 0 Å². The van der Waals surface area contributed by atoms with Gasteiger partial charge in [-0.05, 0) is 19.8 Å². The molecule has 1 aromatic heterocycles. The monoisotopic (exact) mass is 317 g/mol. The summed E-state index contributed by atoms with van der Waals surface area (Å²) < 4.78 is 27.5. The molecule has 1 aromatic rings. The van der Waals surface area contributed by atoms with E-state index in [0.717, 1.165) is 0 Å². The number of piperidine rings is 1. The molecule has 1 fully saturated rings. The molecule has 1 aliphatic rings. The minimum Gasteiger partial charge on any atom is -0.481 e. The molecule has 1 atom stereocenters. The summed E-state index contributed by atoms with van der Waals surface area (Å²) in [4.78, 5) is 10.5. The molecule has 0 radical (unpaired) electrons. The maximum absolute atomic E-state index is 12.5. The maximum Gasteiger partial charge on any atom is 0.305 e. The number of aromatic nitrogens is 2. The first-order valence-electron chi connectivity index (χ1n) is 6.67. The van der Waals surface area contributed by atoms with Gasteiger partial charge in [0.15, 0.2) is 0 Å². The van der Waals surface area contributed by atoms with Crippen LogP contribution in [0, 0.1) is 0 Å². The minimum atomic E-state index is -3.71. The lowest BCUT2D eigenvalue weighted by molar-refractivity contribution is -0.137. The van der Waals surface area contributed by atoms with Crippen molar-refractivity contribution >= 4 is 16.0 Å². The van der Waals surface area contributed by atoms with Gasteiger partial charge in [-0.1, -0.05) is 0 Å². The number of hydrogen-bond acceptors (Lipinski definition) is 5. The van der Waals surface area contributed by atoms with Crippen molar-refractivity contribution in [1.82, 2.24) is 14.1 Å². The highest BCUT2D eigenvalue weighted by Crippen LogP contribution is 2.25. The summed E-state index contributed by atoms with van der Waals surface area (Å²) >= 11 is 0. The summed E-state index contributed by atoms with van der Waals surface area (Å²) in [5.74, 6) is -0.970. The quantitative estimate of drug-likeness (QED) is 0.783. The van der Waals surface area contributed by atoms with Crippen molar-refractivity contribution in [3.8, 4) is 0 Å². The smallest absolute Gasteiger partial charge is 0.305 e. The van der Waals surface area contributed by atoms with Gasteiger partial charge in [0.05, 0.1) is 24.8 Å². The van der Waals surface area contributed by atoms with Gasteiger partial charge in [0.25, 0.3) is 0 Å². The summed E-state index contributed by atoms with van der Waals surface area (Å²) in [6.45, 7) is 2.14. The van der Waals surface area contributed by atoms with Crippen molar-refractivity contribution in [2.75, 3.05) is 13.1 Å². The molecule has 0 spiro atoms. The van der Waals surface area contributed by atoms with Gasteiger partial charge in [0.2, 0.25) is 10.0 Å². The number of aliphatic carboxylic acids is 1. The third-order valence-electron chi connectivity index (χ3n) is 3.44. The van der Waals surface area contributed by atoms with Crippen LogP contribution in [0.25, 0.3) is 0 Å². The number of nitrogens with zero attached hydrogens (tertiary/aromatic N) is 3. The Kier molecular flexibility index (Phi) is 4.35. The van der Waals surface area contributed by atoms with Crippen molar-refractivity contribution in [3.05, 3.63) is 12.4 Å². The molecule has 1 aliphatic heterocycles. The van der Waals surface area contributed by atoms with E-state index in [2.05, 4.69) is 5.10 Å². The Labute approximate surface area is 123 Å². The summed E-state index contributed by atoms with van der Waals surface area (Å²) in [5, 5.41) is 22.5. The average Bonchev–Trinajstić information content (AvgIpc) is 2.84. The highest BCUT2D eigenvalue weighted by molar-refractivity contribution is 7.89. The number of aryl methyl sites for hydroxylation is 1. The summed E-state index contributed by atoms with van der Waals surface area (Å²) in [7, 11) is -3.71. The Morgan fingerprint density at radius 1 is 1.52 bits per heavy atom. The first kappa shape index (κ1) is 15.9. The lowest BCUT2D eigenvalue weighted by atomic mass is 9.97. The number of carboxylic acids is 1. The van der Waals surface area contributed by atoms with Gasteiger partial charge in [-0.25, -0.2) is 8.42 Å². The van der Waals surface area contributed by atoms with Crippen LogP contribution >= 0.6 is 0 Å². The van der Waals surface area contributed by atoms with Gasteiger partial charge >= 0.3 is 5.97 Å². The fourth-order valence-corrected chi connectivity index (χ4v) is 3.89. The Balaban J connectivity index is 2.14. The largest absolute Gasteiger partial charge is 0.481 e. The first-order chi connectivity index (χ1) is 9.71. The number of rotatable bonds is 5. The van der Waals surface area contributed by atoms with Crippen LogP contribution in [-0.4, -0.2) is 57.4 Å². The third kappa shape index (κ3) is 3.80. The van der Waals surface area contributed by atoms with Crippen molar-refractivity contribution in [3.63, 3.8) is 0 Å². The second-order valence-corrected chi connectivity index (χ2v) is 7.46. The van der Waals surface area contributed by atoms with Crippen LogP contribution in [0.2, 0.25) is 0 Å². The van der Waals surface area contributed by atoms with Crippen LogP contribution in [0.4, 0.5) is 0 Å². The normalized spacial score (nSPS) is 24.1. The number of carboxylic acid groups (broad SMARTS) is 1. The van der Waals surface area contributed by atoms with E-state index in [1.807, 2.05) is 0 Å². The molecule has 8 nitrogen and oxygen atoms in total. The Morgan fingerprint density at radius 3 is 2.86 bits per heavy atom. The van der Waals surface area contributed by atoms with Crippen LogP contribution < -0.4 is 0 Å². The van der Waals surface area contributed by atoms with Gasteiger partial charge in [-0.2, -0.15) is 9.40 Å². The van der Waals surface area contributed by atoms with Crippen LogP contribution in [-0.2, 0) is 21.4 Å². The number of carbonyl (C=O) groups is 1. The lowest BCUT2D eigenvalue weighted by Crippen LogP contribution is -2.48. The zero-order valence-electron chi connectivity index (χ0n) is 11.8. The van der Waals surface area contributed by atoms with Crippen molar-refractivity contribution in [1.29, 1.82) is 0 Å². The predicted molar refractivity (Wildman–Crippen MR) is 73.1 cm³/mol. The fraction of sp³-hybridized carbons (Fsp3) is 0.667. The van der Waals surface area contributed by atoms with E-state index in [1.54, 1.807) is 6.92 Å². The zero-order chi connectivity index (χ0) is 15.7. The molecule has 2 heterocycles. The van der Waals surface area contributed by atoms with E-state index in [-0.39, 0.29) is 24.4 Å². The van der Waals surface area contributed by atoms with Gasteiger partial charge in [0, 0.05) is 19.3 Å². The molecule has 118 valence electrons. The summed E-state index contributed by atoms with van der Waals surface area (Å²) in [6, 6.07) is 0. The van der Waals surface area contributed by atoms with E-state index in [4.69, 9.17) is 5.11 Å². The molecule has 0 amide bonds. The molecule has 2 rings (SSSR count). The van der Waals surface area contributed by atoms with E-state index in [9.17, 15) is 18.3 Å². The molecule has 2 N–H and O–H groups in total. The maximum atomic E-state index is 12.5. The molecule has 0 aromatic carbocycles. The highest BCUT2D eigenvalue weighted by Gasteiger charge is 2.36. The average molecular weight is 317 g/mol. The third-order valence-corrected chi connectivity index (χ3v) is 5.24. The van der Waals surface area contributed by atoms with E-state index in [0.29, 0.717) is 19.4 Å². The number of β-amino-alcohol motifs (C(OH)–C–C–N with tert-alkyl or cyclic N) is 1. The summed E-state index contributed by atoms with van der Waals surface area (Å²) in [6.07, 6.45) is 3.57. The van der Waals surface area contributed by atoms with Crippen molar-refractivity contribution in [2.45, 2.75) is 43.2 Å². The van der Waals surface area contributed by atoms with Crippen LogP contribution in [0.3, 0.4) is 0 Å². The molecule has 21 heavy (non-hydrogen) atoms. The number of aliphatic hydroxyl groups is 1. The van der Waals surface area contributed by atoms with Gasteiger partial charge < -0.3 is 10.2 Å². The fourth-order valence-electron chi connectivity index (χ4n) is 2.34. The number of sulfonamides is 1. The molecular weight excluding hydrogens is 298 g/mol.